The van der Waals surface area contributed by atoms with Crippen LogP contribution in [0.1, 0.15) is 34.6 Å². The van der Waals surface area contributed by atoms with E-state index in [0.717, 1.165) is 31.6 Å². The van der Waals surface area contributed by atoms with Crippen LogP contribution in [0.4, 0.5) is 5.69 Å². The number of hydrogen-bond donors (Lipinski definition) is 1. The zero-order valence-electron chi connectivity index (χ0n) is 17.0. The molecular weight excluding hydrogens is 356 g/mol. The predicted octanol–water partition coefficient (Wildman–Crippen LogP) is 4.70. The van der Waals surface area contributed by atoms with Crippen LogP contribution in [0.15, 0.2) is 78.9 Å². The van der Waals surface area contributed by atoms with E-state index in [0.29, 0.717) is 6.54 Å². The summed E-state index contributed by atoms with van der Waals surface area (Å²) in [6, 6.07) is 27.3. The number of carbonyl (C=O) groups excluding carboxylic acids is 1. The van der Waals surface area contributed by atoms with Crippen molar-refractivity contribution in [3.05, 3.63) is 101 Å². The molecule has 0 spiro atoms. The van der Waals surface area contributed by atoms with E-state index in [1.54, 1.807) is 0 Å². The molecule has 0 radical (unpaired) electrons. The van der Waals surface area contributed by atoms with Gasteiger partial charge in [0.1, 0.15) is 0 Å². The van der Waals surface area contributed by atoms with Gasteiger partial charge >= 0.3 is 0 Å². The number of nitrogens with one attached hydrogen (secondary N) is 1. The standard InChI is InChI=1S/C26H28N2O/c1-20-10-8-15-23-16-9-17-28(26(20)23)25(29)19-27-18-24(21-11-4-2-5-12-21)22-13-6-3-7-14-22/h2-8,10-15,24,27H,9,16-19H2,1H3. The third kappa shape index (κ3) is 4.41. The fourth-order valence-electron chi connectivity index (χ4n) is 4.31. The quantitative estimate of drug-likeness (QED) is 0.668. The zero-order valence-corrected chi connectivity index (χ0v) is 17.0. The fourth-order valence-corrected chi connectivity index (χ4v) is 4.31. The van der Waals surface area contributed by atoms with Crippen molar-refractivity contribution in [3.8, 4) is 0 Å². The molecular formula is C26H28N2O. The molecule has 0 aromatic heterocycles. The maximum atomic E-state index is 13.0. The highest BCUT2D eigenvalue weighted by Gasteiger charge is 2.24. The van der Waals surface area contributed by atoms with Crippen LogP contribution in [-0.4, -0.2) is 25.5 Å². The first-order valence-corrected chi connectivity index (χ1v) is 10.4. The molecule has 3 heteroatoms. The second kappa shape index (κ2) is 9.06. The normalized spacial score (nSPS) is 13.4. The first-order valence-electron chi connectivity index (χ1n) is 10.4. The monoisotopic (exact) mass is 384 g/mol. The summed E-state index contributed by atoms with van der Waals surface area (Å²) in [6.07, 6.45) is 2.08. The summed E-state index contributed by atoms with van der Waals surface area (Å²) in [5, 5.41) is 3.44. The molecule has 3 aromatic carbocycles. The molecule has 29 heavy (non-hydrogen) atoms. The molecule has 0 fully saturated rings. The smallest absolute Gasteiger partial charge is 0.240 e. The van der Waals surface area contributed by atoms with Crippen molar-refractivity contribution < 1.29 is 4.79 Å². The van der Waals surface area contributed by atoms with Crippen molar-refractivity contribution in [2.75, 3.05) is 24.5 Å². The van der Waals surface area contributed by atoms with Gasteiger partial charge in [0, 0.05) is 24.7 Å². The largest absolute Gasteiger partial charge is 0.311 e. The number of rotatable bonds is 6. The number of benzene rings is 3. The van der Waals surface area contributed by atoms with E-state index in [4.69, 9.17) is 0 Å². The van der Waals surface area contributed by atoms with Gasteiger partial charge in [-0.25, -0.2) is 0 Å². The lowest BCUT2D eigenvalue weighted by Crippen LogP contribution is -2.42. The minimum absolute atomic E-state index is 0.153. The van der Waals surface area contributed by atoms with Crippen LogP contribution in [0.25, 0.3) is 0 Å². The maximum Gasteiger partial charge on any atom is 0.240 e. The number of fused-ring (bicyclic) bond motifs is 1. The van der Waals surface area contributed by atoms with Gasteiger partial charge in [-0.2, -0.15) is 0 Å². The number of hydrogen-bond acceptors (Lipinski definition) is 2. The lowest BCUT2D eigenvalue weighted by Gasteiger charge is -2.31. The molecule has 0 aliphatic carbocycles. The Bertz CT molecular complexity index is 913. The van der Waals surface area contributed by atoms with Crippen LogP contribution in [-0.2, 0) is 11.2 Å². The van der Waals surface area contributed by atoms with Gasteiger partial charge in [0.05, 0.1) is 6.54 Å². The van der Waals surface area contributed by atoms with E-state index >= 15 is 0 Å². The summed E-state index contributed by atoms with van der Waals surface area (Å²) in [4.78, 5) is 15.0. The average molecular weight is 385 g/mol. The third-order valence-electron chi connectivity index (χ3n) is 5.75. The van der Waals surface area contributed by atoms with Gasteiger partial charge in [-0.1, -0.05) is 78.9 Å². The van der Waals surface area contributed by atoms with Crippen LogP contribution in [0.2, 0.25) is 0 Å². The molecule has 4 rings (SSSR count). The molecule has 1 N–H and O–H groups in total. The molecule has 0 saturated carbocycles. The molecule has 3 aromatic rings. The number of anilines is 1. The van der Waals surface area contributed by atoms with E-state index in [-0.39, 0.29) is 11.8 Å². The molecule has 3 nitrogen and oxygen atoms in total. The number of para-hydroxylation sites is 1. The summed E-state index contributed by atoms with van der Waals surface area (Å²) in [5.41, 5.74) is 6.11. The van der Waals surface area contributed by atoms with Crippen molar-refractivity contribution in [3.63, 3.8) is 0 Å². The summed E-state index contributed by atoms with van der Waals surface area (Å²) in [5.74, 6) is 0.376. The second-order valence-electron chi connectivity index (χ2n) is 7.74. The van der Waals surface area contributed by atoms with Crippen LogP contribution < -0.4 is 10.2 Å². The summed E-state index contributed by atoms with van der Waals surface area (Å²) >= 11 is 0. The summed E-state index contributed by atoms with van der Waals surface area (Å²) in [6.45, 7) is 3.98. The molecule has 1 heterocycles. The van der Waals surface area contributed by atoms with Gasteiger partial charge in [-0.3, -0.25) is 4.79 Å². The third-order valence-corrected chi connectivity index (χ3v) is 5.75. The Morgan fingerprint density at radius 1 is 0.931 bits per heavy atom. The van der Waals surface area contributed by atoms with Crippen LogP contribution >= 0.6 is 0 Å². The van der Waals surface area contributed by atoms with Crippen molar-refractivity contribution in [2.24, 2.45) is 0 Å². The minimum atomic E-state index is 0.153. The number of carbonyl (C=O) groups is 1. The van der Waals surface area contributed by atoms with Gasteiger partial charge in [0.25, 0.3) is 0 Å². The Morgan fingerprint density at radius 2 is 1.59 bits per heavy atom. The summed E-state index contributed by atoms with van der Waals surface area (Å²) < 4.78 is 0. The zero-order chi connectivity index (χ0) is 20.1. The fraction of sp³-hybridized carbons (Fsp3) is 0.269. The highest BCUT2D eigenvalue weighted by molar-refractivity contribution is 5.96. The lowest BCUT2D eigenvalue weighted by molar-refractivity contribution is -0.117. The maximum absolute atomic E-state index is 13.0. The molecule has 1 aliphatic rings. The van der Waals surface area contributed by atoms with E-state index in [1.807, 2.05) is 17.0 Å². The molecule has 148 valence electrons. The lowest BCUT2D eigenvalue weighted by atomic mass is 9.91. The van der Waals surface area contributed by atoms with E-state index in [1.165, 1.54) is 22.3 Å². The van der Waals surface area contributed by atoms with Crippen molar-refractivity contribution >= 4 is 11.6 Å². The van der Waals surface area contributed by atoms with Crippen molar-refractivity contribution in [1.29, 1.82) is 0 Å². The van der Waals surface area contributed by atoms with Gasteiger partial charge < -0.3 is 10.2 Å². The molecule has 1 aliphatic heterocycles. The van der Waals surface area contributed by atoms with Gasteiger partial charge in [-0.15, -0.1) is 0 Å². The van der Waals surface area contributed by atoms with Crippen molar-refractivity contribution in [2.45, 2.75) is 25.7 Å². The highest BCUT2D eigenvalue weighted by Crippen LogP contribution is 2.30. The van der Waals surface area contributed by atoms with E-state index < -0.39 is 0 Å². The van der Waals surface area contributed by atoms with Crippen LogP contribution in [0.5, 0.6) is 0 Å². The number of amides is 1. The Balaban J connectivity index is 1.46. The number of nitrogens with zero attached hydrogens (tertiary/aromatic N) is 1. The molecule has 0 bridgehead atoms. The highest BCUT2D eigenvalue weighted by atomic mass is 16.2. The summed E-state index contributed by atoms with van der Waals surface area (Å²) in [7, 11) is 0. The van der Waals surface area contributed by atoms with E-state index in [2.05, 4.69) is 79.0 Å². The topological polar surface area (TPSA) is 32.3 Å². The average Bonchev–Trinajstić information content (AvgIpc) is 2.77. The van der Waals surface area contributed by atoms with Gasteiger partial charge in [0.2, 0.25) is 5.91 Å². The minimum Gasteiger partial charge on any atom is -0.311 e. The van der Waals surface area contributed by atoms with Gasteiger partial charge in [0.15, 0.2) is 0 Å². The SMILES string of the molecule is Cc1cccc2c1N(C(=O)CNCC(c1ccccc1)c1ccccc1)CCC2. The van der Waals surface area contributed by atoms with Crippen molar-refractivity contribution in [1.82, 2.24) is 5.32 Å². The molecule has 0 saturated heterocycles. The van der Waals surface area contributed by atoms with E-state index in [9.17, 15) is 4.79 Å². The predicted molar refractivity (Wildman–Crippen MR) is 119 cm³/mol. The second-order valence-corrected chi connectivity index (χ2v) is 7.74. The molecule has 1 amide bonds. The van der Waals surface area contributed by atoms with Crippen LogP contribution in [0.3, 0.4) is 0 Å². The molecule has 0 unspecified atom stereocenters. The Morgan fingerprint density at radius 3 is 2.24 bits per heavy atom. The Kier molecular flexibility index (Phi) is 6.06. The number of aryl methyl sites for hydroxylation is 2. The first-order chi connectivity index (χ1) is 14.2. The van der Waals surface area contributed by atoms with Gasteiger partial charge in [-0.05, 0) is 42.0 Å². The Labute approximate surface area is 173 Å². The molecule has 0 atom stereocenters. The van der Waals surface area contributed by atoms with Crippen LogP contribution in [0, 0.1) is 6.92 Å². The first kappa shape index (κ1) is 19.4. The Hall–Kier alpha value is -2.91.